The Morgan fingerprint density at radius 2 is 1.78 bits per heavy atom. The number of ether oxygens (including phenoxy) is 1. The molecule has 1 aromatic heterocycles. The smallest absolute Gasteiger partial charge is 0.416 e. The highest BCUT2D eigenvalue weighted by Gasteiger charge is 2.30. The van der Waals surface area contributed by atoms with Gasteiger partial charge in [-0.1, -0.05) is 42.5 Å². The second-order valence-electron chi connectivity index (χ2n) is 7.85. The number of rotatable bonds is 11. The standard InChI is InChI=1S/C23H25F3N4O4S2/c24-23(25,26)18-11-9-17(10-12-18)21-29-20(15-35-21)19(8-4-5-13-28-36(27,32)33)30-22(31)34-14-16-6-2-1-3-7-16/h1-3,6-7,9-12,15,19,28H,4-5,8,13-14H2,(H,30,31)(H2,27,32,33). The van der Waals surface area contributed by atoms with E-state index in [-0.39, 0.29) is 13.2 Å². The van der Waals surface area contributed by atoms with E-state index in [1.165, 1.54) is 23.5 Å². The van der Waals surface area contributed by atoms with Crippen LogP contribution < -0.4 is 15.2 Å². The first-order valence-electron chi connectivity index (χ1n) is 10.9. The summed E-state index contributed by atoms with van der Waals surface area (Å²) in [7, 11) is -3.79. The molecular formula is C23H25F3N4O4S2. The summed E-state index contributed by atoms with van der Waals surface area (Å²) in [6, 6.07) is 13.3. The predicted octanol–water partition coefficient (Wildman–Crippen LogP) is 4.76. The number of alkyl halides is 3. The van der Waals surface area contributed by atoms with Gasteiger partial charge in [0.1, 0.15) is 11.6 Å². The summed E-state index contributed by atoms with van der Waals surface area (Å²) in [6.07, 6.45) is -3.68. The van der Waals surface area contributed by atoms with Crippen molar-refractivity contribution in [2.75, 3.05) is 6.54 Å². The molecule has 8 nitrogen and oxygen atoms in total. The average molecular weight is 543 g/mol. The molecule has 0 radical (unpaired) electrons. The molecule has 0 saturated carbocycles. The number of nitrogens with one attached hydrogen (secondary N) is 2. The van der Waals surface area contributed by atoms with Gasteiger partial charge in [-0.25, -0.2) is 19.6 Å². The summed E-state index contributed by atoms with van der Waals surface area (Å²) in [4.78, 5) is 17.0. The van der Waals surface area contributed by atoms with E-state index < -0.39 is 34.1 Å². The summed E-state index contributed by atoms with van der Waals surface area (Å²) < 4.78 is 68.1. The molecule has 194 valence electrons. The van der Waals surface area contributed by atoms with E-state index in [1.54, 1.807) is 5.38 Å². The van der Waals surface area contributed by atoms with Crippen LogP contribution in [-0.4, -0.2) is 26.0 Å². The highest BCUT2D eigenvalue weighted by atomic mass is 32.2. The lowest BCUT2D eigenvalue weighted by molar-refractivity contribution is -0.137. The number of alkyl carbamates (subject to hydrolysis) is 1. The normalized spacial score (nSPS) is 12.8. The maximum Gasteiger partial charge on any atom is 0.416 e. The van der Waals surface area contributed by atoms with Crippen LogP contribution >= 0.6 is 11.3 Å². The Balaban J connectivity index is 1.67. The Hall–Kier alpha value is -3.00. The zero-order chi connectivity index (χ0) is 26.2. The SMILES string of the molecule is NS(=O)(=O)NCCCCC(NC(=O)OCc1ccccc1)c1csc(-c2ccc(C(F)(F)F)cc2)n1. The Labute approximate surface area is 210 Å². The van der Waals surface area contributed by atoms with Crippen LogP contribution in [0.2, 0.25) is 0 Å². The number of benzene rings is 2. The molecule has 0 saturated heterocycles. The molecule has 0 aliphatic rings. The van der Waals surface area contributed by atoms with Crippen molar-refractivity contribution in [3.8, 4) is 10.6 Å². The Morgan fingerprint density at radius 1 is 1.08 bits per heavy atom. The van der Waals surface area contributed by atoms with Crippen LogP contribution in [0, 0.1) is 0 Å². The van der Waals surface area contributed by atoms with Crippen LogP contribution in [0.1, 0.15) is 42.1 Å². The molecule has 36 heavy (non-hydrogen) atoms. The van der Waals surface area contributed by atoms with Crippen molar-refractivity contribution in [2.45, 2.75) is 38.1 Å². The molecule has 3 rings (SSSR count). The number of halogens is 3. The maximum atomic E-state index is 12.9. The first-order chi connectivity index (χ1) is 17.0. The lowest BCUT2D eigenvalue weighted by atomic mass is 10.1. The first-order valence-corrected chi connectivity index (χ1v) is 13.3. The van der Waals surface area contributed by atoms with Crippen molar-refractivity contribution in [2.24, 2.45) is 5.14 Å². The predicted molar refractivity (Wildman–Crippen MR) is 130 cm³/mol. The summed E-state index contributed by atoms with van der Waals surface area (Å²) in [5, 5.41) is 9.92. The summed E-state index contributed by atoms with van der Waals surface area (Å²) in [5.41, 5.74) is 1.10. The number of nitrogens with two attached hydrogens (primary N) is 1. The number of hydrogen-bond donors (Lipinski definition) is 3. The zero-order valence-electron chi connectivity index (χ0n) is 19.0. The second-order valence-corrected chi connectivity index (χ2v) is 10.1. The molecule has 0 spiro atoms. The van der Waals surface area contributed by atoms with Crippen LogP contribution in [-0.2, 0) is 27.7 Å². The summed E-state index contributed by atoms with van der Waals surface area (Å²) in [5.74, 6) is 0. The van der Waals surface area contributed by atoms with Gasteiger partial charge < -0.3 is 10.1 Å². The second kappa shape index (κ2) is 12.3. The third kappa shape index (κ3) is 8.90. The lowest BCUT2D eigenvalue weighted by Crippen LogP contribution is -2.32. The minimum atomic E-state index is -4.43. The first kappa shape index (κ1) is 27.6. The summed E-state index contributed by atoms with van der Waals surface area (Å²) >= 11 is 1.24. The molecule has 1 amide bonds. The van der Waals surface area contributed by atoms with E-state index in [0.717, 1.165) is 17.7 Å². The minimum Gasteiger partial charge on any atom is -0.445 e. The topological polar surface area (TPSA) is 123 Å². The van der Waals surface area contributed by atoms with Crippen LogP contribution in [0.15, 0.2) is 60.0 Å². The maximum absolute atomic E-state index is 12.9. The van der Waals surface area contributed by atoms with Crippen molar-refractivity contribution in [3.63, 3.8) is 0 Å². The van der Waals surface area contributed by atoms with Gasteiger partial charge in [-0.05, 0) is 37.0 Å². The number of carbonyl (C=O) groups excluding carboxylic acids is 1. The molecule has 1 heterocycles. The Kier molecular flexibility index (Phi) is 9.43. The molecule has 13 heteroatoms. The van der Waals surface area contributed by atoms with E-state index in [4.69, 9.17) is 9.88 Å². The molecule has 0 aliphatic heterocycles. The van der Waals surface area contributed by atoms with Crippen molar-refractivity contribution in [1.82, 2.24) is 15.0 Å². The number of unbranched alkanes of at least 4 members (excludes halogenated alkanes) is 1. The number of hydrogen-bond acceptors (Lipinski definition) is 6. The van der Waals surface area contributed by atoms with Gasteiger partial charge in [-0.15, -0.1) is 11.3 Å². The third-order valence-corrected chi connectivity index (χ3v) is 6.58. The van der Waals surface area contributed by atoms with Crippen molar-refractivity contribution in [3.05, 3.63) is 76.8 Å². The molecule has 0 fully saturated rings. The third-order valence-electron chi connectivity index (χ3n) is 5.07. The van der Waals surface area contributed by atoms with Crippen molar-refractivity contribution in [1.29, 1.82) is 0 Å². The van der Waals surface area contributed by atoms with Gasteiger partial charge in [0.2, 0.25) is 0 Å². The average Bonchev–Trinajstić information content (AvgIpc) is 3.31. The molecule has 1 atom stereocenters. The highest BCUT2D eigenvalue weighted by Crippen LogP contribution is 2.33. The zero-order valence-corrected chi connectivity index (χ0v) is 20.6. The monoisotopic (exact) mass is 542 g/mol. The Bertz CT molecular complexity index is 1230. The van der Waals surface area contributed by atoms with Gasteiger partial charge in [0.25, 0.3) is 10.2 Å². The lowest BCUT2D eigenvalue weighted by Gasteiger charge is -2.17. The molecule has 0 aliphatic carbocycles. The molecular weight excluding hydrogens is 517 g/mol. The fourth-order valence-corrected chi connectivity index (χ4v) is 4.58. The molecule has 2 aromatic carbocycles. The molecule has 3 aromatic rings. The van der Waals surface area contributed by atoms with Gasteiger partial charge in [0.05, 0.1) is 17.3 Å². The largest absolute Gasteiger partial charge is 0.445 e. The Morgan fingerprint density at radius 3 is 2.42 bits per heavy atom. The van der Waals surface area contributed by atoms with Crippen LogP contribution in [0.4, 0.5) is 18.0 Å². The van der Waals surface area contributed by atoms with Gasteiger partial charge in [0.15, 0.2) is 0 Å². The van der Waals surface area contributed by atoms with Gasteiger partial charge in [-0.3, -0.25) is 0 Å². The quantitative estimate of drug-likeness (QED) is 0.302. The van der Waals surface area contributed by atoms with Crippen LogP contribution in [0.3, 0.4) is 0 Å². The van der Waals surface area contributed by atoms with Crippen molar-refractivity contribution < 1.29 is 31.1 Å². The number of amides is 1. The van der Waals surface area contributed by atoms with Crippen LogP contribution in [0.25, 0.3) is 10.6 Å². The van der Waals surface area contributed by atoms with Crippen LogP contribution in [0.5, 0.6) is 0 Å². The molecule has 4 N–H and O–H groups in total. The van der Waals surface area contributed by atoms with E-state index in [9.17, 15) is 26.4 Å². The van der Waals surface area contributed by atoms with E-state index in [1.807, 2.05) is 30.3 Å². The fourth-order valence-electron chi connectivity index (χ4n) is 3.27. The van der Waals surface area contributed by atoms with E-state index in [0.29, 0.717) is 35.5 Å². The molecule has 0 bridgehead atoms. The molecule has 1 unspecified atom stereocenters. The number of aromatic nitrogens is 1. The van der Waals surface area contributed by atoms with Gasteiger partial charge in [-0.2, -0.15) is 21.6 Å². The van der Waals surface area contributed by atoms with E-state index in [2.05, 4.69) is 15.0 Å². The number of nitrogens with zero attached hydrogens (tertiary/aromatic N) is 1. The minimum absolute atomic E-state index is 0.0749. The van der Waals surface area contributed by atoms with Gasteiger partial charge in [0, 0.05) is 17.5 Å². The van der Waals surface area contributed by atoms with E-state index >= 15 is 0 Å². The number of thiazole rings is 1. The number of carbonyl (C=O) groups is 1. The van der Waals surface area contributed by atoms with Crippen molar-refractivity contribution >= 4 is 27.6 Å². The highest BCUT2D eigenvalue weighted by molar-refractivity contribution is 7.87. The summed E-state index contributed by atoms with van der Waals surface area (Å²) in [6.45, 7) is 0.212. The fraction of sp³-hybridized carbons (Fsp3) is 0.304. The van der Waals surface area contributed by atoms with Gasteiger partial charge >= 0.3 is 12.3 Å².